The second-order valence-corrected chi connectivity index (χ2v) is 4.86. The molecule has 0 unspecified atom stereocenters. The van der Waals surface area contributed by atoms with E-state index in [0.717, 1.165) is 0 Å². The van der Waals surface area contributed by atoms with E-state index < -0.39 is 17.1 Å². The maximum Gasteiger partial charge on any atom is 0.329 e. The smallest absolute Gasteiger partial charge is 0.291 e. The van der Waals surface area contributed by atoms with Gasteiger partial charge >= 0.3 is 5.69 Å². The predicted octanol–water partition coefficient (Wildman–Crippen LogP) is 2.17. The molecule has 0 saturated carbocycles. The molecule has 0 amide bonds. The lowest BCUT2D eigenvalue weighted by Gasteiger charge is -2.13. The highest BCUT2D eigenvalue weighted by Crippen LogP contribution is 2.21. The molecule has 0 aliphatic carbocycles. The van der Waals surface area contributed by atoms with Gasteiger partial charge in [0.2, 0.25) is 0 Å². The van der Waals surface area contributed by atoms with Crippen LogP contribution in [0.15, 0.2) is 26.2 Å². The monoisotopic (exact) mass is 300 g/mol. The minimum absolute atomic E-state index is 0.164. The van der Waals surface area contributed by atoms with Gasteiger partial charge in [-0.3, -0.25) is 14.3 Å². The van der Waals surface area contributed by atoms with E-state index >= 15 is 0 Å². The van der Waals surface area contributed by atoms with Crippen molar-refractivity contribution in [1.29, 1.82) is 0 Å². The topological polar surface area (TPSA) is 54.9 Å². The molecule has 0 bridgehead atoms. The molecule has 1 aromatic heterocycles. The van der Waals surface area contributed by atoms with Crippen molar-refractivity contribution in [3.05, 3.63) is 43.3 Å². The van der Waals surface area contributed by atoms with E-state index in [2.05, 4.69) is 20.9 Å². The van der Waals surface area contributed by atoms with E-state index in [1.54, 1.807) is 13.8 Å². The number of nitrogens with zero attached hydrogens (tertiary/aromatic N) is 1. The van der Waals surface area contributed by atoms with Gasteiger partial charge in [-0.15, -0.1) is 0 Å². The molecule has 0 radical (unpaired) electrons. The van der Waals surface area contributed by atoms with Gasteiger partial charge in [-0.05, 0) is 41.9 Å². The minimum atomic E-state index is -0.528. The van der Waals surface area contributed by atoms with Crippen LogP contribution >= 0.6 is 15.9 Å². The first-order valence-corrected chi connectivity index (χ1v) is 5.84. The average Bonchev–Trinajstić information content (AvgIpc) is 2.20. The van der Waals surface area contributed by atoms with Gasteiger partial charge < -0.3 is 0 Å². The molecule has 2 rings (SSSR count). The van der Waals surface area contributed by atoms with Crippen molar-refractivity contribution < 1.29 is 4.39 Å². The van der Waals surface area contributed by atoms with Gasteiger partial charge in [-0.1, -0.05) is 0 Å². The second kappa shape index (κ2) is 4.10. The van der Waals surface area contributed by atoms with Crippen molar-refractivity contribution in [1.82, 2.24) is 9.55 Å². The van der Waals surface area contributed by atoms with Crippen LogP contribution in [0.25, 0.3) is 10.9 Å². The van der Waals surface area contributed by atoms with Crippen molar-refractivity contribution in [2.24, 2.45) is 0 Å². The first kappa shape index (κ1) is 12.0. The van der Waals surface area contributed by atoms with Crippen molar-refractivity contribution in [3.8, 4) is 0 Å². The van der Waals surface area contributed by atoms with Gasteiger partial charge in [0.15, 0.2) is 0 Å². The first-order valence-electron chi connectivity index (χ1n) is 5.05. The standard InChI is InChI=1S/C11H10BrFN2O2/c1-5(2)15-9-4-8(13)7(12)3-6(9)10(16)14-11(15)17/h3-5H,1-2H3,(H,14,16,17). The summed E-state index contributed by atoms with van der Waals surface area (Å²) in [6.45, 7) is 3.58. The maximum atomic E-state index is 13.5. The number of rotatable bonds is 1. The Balaban J connectivity index is 3.06. The van der Waals surface area contributed by atoms with Crippen LogP contribution in [0.2, 0.25) is 0 Å². The first-order chi connectivity index (χ1) is 7.91. The zero-order chi connectivity index (χ0) is 12.7. The third-order valence-electron chi connectivity index (χ3n) is 2.50. The lowest BCUT2D eigenvalue weighted by molar-refractivity contribution is 0.579. The molecule has 90 valence electrons. The molecule has 6 heteroatoms. The van der Waals surface area contributed by atoms with E-state index in [-0.39, 0.29) is 15.9 Å². The quantitative estimate of drug-likeness (QED) is 0.877. The van der Waals surface area contributed by atoms with Crippen LogP contribution in [0.1, 0.15) is 19.9 Å². The molecule has 0 spiro atoms. The Morgan fingerprint density at radius 1 is 1.35 bits per heavy atom. The Bertz CT molecular complexity index is 703. The van der Waals surface area contributed by atoms with Crippen molar-refractivity contribution in [2.45, 2.75) is 19.9 Å². The number of hydrogen-bond donors (Lipinski definition) is 1. The van der Waals surface area contributed by atoms with Gasteiger partial charge in [-0.25, -0.2) is 9.18 Å². The highest BCUT2D eigenvalue weighted by Gasteiger charge is 2.12. The number of H-pyrrole nitrogens is 1. The maximum absolute atomic E-state index is 13.5. The molecule has 1 heterocycles. The lowest BCUT2D eigenvalue weighted by atomic mass is 10.2. The molecule has 4 nitrogen and oxygen atoms in total. The SMILES string of the molecule is CC(C)n1c(=O)[nH]c(=O)c2cc(Br)c(F)cc21. The van der Waals surface area contributed by atoms with Gasteiger partial charge in [0.25, 0.3) is 5.56 Å². The van der Waals surface area contributed by atoms with Crippen LogP contribution in [0.3, 0.4) is 0 Å². The molecule has 0 fully saturated rings. The van der Waals surface area contributed by atoms with Crippen LogP contribution in [-0.2, 0) is 0 Å². The number of aromatic amines is 1. The molecule has 1 N–H and O–H groups in total. The van der Waals surface area contributed by atoms with Crippen LogP contribution in [0.4, 0.5) is 4.39 Å². The molecule has 17 heavy (non-hydrogen) atoms. The highest BCUT2D eigenvalue weighted by molar-refractivity contribution is 9.10. The van der Waals surface area contributed by atoms with E-state index in [1.165, 1.54) is 16.7 Å². The average molecular weight is 301 g/mol. The molecule has 0 aliphatic rings. The largest absolute Gasteiger partial charge is 0.329 e. The number of halogens is 2. The summed E-state index contributed by atoms with van der Waals surface area (Å²) in [6, 6.07) is 2.40. The van der Waals surface area contributed by atoms with Gasteiger partial charge in [0.1, 0.15) is 5.82 Å². The number of fused-ring (bicyclic) bond motifs is 1. The van der Waals surface area contributed by atoms with E-state index in [0.29, 0.717) is 5.52 Å². The van der Waals surface area contributed by atoms with E-state index in [4.69, 9.17) is 0 Å². The third kappa shape index (κ3) is 1.93. The zero-order valence-electron chi connectivity index (χ0n) is 9.25. The van der Waals surface area contributed by atoms with Crippen LogP contribution in [0.5, 0.6) is 0 Å². The second-order valence-electron chi connectivity index (χ2n) is 4.01. The Kier molecular flexibility index (Phi) is 2.91. The lowest BCUT2D eigenvalue weighted by Crippen LogP contribution is -2.31. The molecular formula is C11H10BrFN2O2. The number of hydrogen-bond acceptors (Lipinski definition) is 2. The molecule has 0 saturated heterocycles. The van der Waals surface area contributed by atoms with Crippen molar-refractivity contribution >= 4 is 26.8 Å². The third-order valence-corrected chi connectivity index (χ3v) is 3.11. The number of nitrogens with one attached hydrogen (secondary N) is 1. The summed E-state index contributed by atoms with van der Waals surface area (Å²) < 4.78 is 15.0. The summed E-state index contributed by atoms with van der Waals surface area (Å²) in [5, 5.41) is 0.284. The molecule has 0 aliphatic heterocycles. The highest BCUT2D eigenvalue weighted by atomic mass is 79.9. The normalized spacial score (nSPS) is 11.4. The Labute approximate surface area is 104 Å². The predicted molar refractivity (Wildman–Crippen MR) is 66.9 cm³/mol. The zero-order valence-corrected chi connectivity index (χ0v) is 10.8. The van der Waals surface area contributed by atoms with Crippen LogP contribution in [-0.4, -0.2) is 9.55 Å². The minimum Gasteiger partial charge on any atom is -0.291 e. The Morgan fingerprint density at radius 2 is 2.00 bits per heavy atom. The van der Waals surface area contributed by atoms with Crippen molar-refractivity contribution in [3.63, 3.8) is 0 Å². The fourth-order valence-electron chi connectivity index (χ4n) is 1.76. The van der Waals surface area contributed by atoms with E-state index in [1.807, 2.05) is 0 Å². The Hall–Kier alpha value is -1.43. The summed E-state index contributed by atoms with van der Waals surface area (Å²) in [5.74, 6) is -0.503. The fourth-order valence-corrected chi connectivity index (χ4v) is 2.11. The molecular weight excluding hydrogens is 291 g/mol. The number of aromatic nitrogens is 2. The summed E-state index contributed by atoms with van der Waals surface area (Å²) in [5.41, 5.74) is -0.740. The van der Waals surface area contributed by atoms with Crippen molar-refractivity contribution in [2.75, 3.05) is 0 Å². The molecule has 0 atom stereocenters. The van der Waals surface area contributed by atoms with E-state index in [9.17, 15) is 14.0 Å². The molecule has 2 aromatic rings. The van der Waals surface area contributed by atoms with Crippen LogP contribution < -0.4 is 11.2 Å². The Morgan fingerprint density at radius 3 is 2.59 bits per heavy atom. The summed E-state index contributed by atoms with van der Waals surface area (Å²) in [4.78, 5) is 25.5. The van der Waals surface area contributed by atoms with Gasteiger partial charge in [0, 0.05) is 6.04 Å². The number of benzene rings is 1. The summed E-state index contributed by atoms with van der Waals surface area (Å²) in [6.07, 6.45) is 0. The summed E-state index contributed by atoms with van der Waals surface area (Å²) >= 11 is 3.02. The fraction of sp³-hybridized carbons (Fsp3) is 0.273. The molecule has 1 aromatic carbocycles. The van der Waals surface area contributed by atoms with Crippen LogP contribution in [0, 0.1) is 5.82 Å². The summed E-state index contributed by atoms with van der Waals surface area (Å²) in [7, 11) is 0. The van der Waals surface area contributed by atoms with Gasteiger partial charge in [0.05, 0.1) is 15.4 Å². The van der Waals surface area contributed by atoms with Gasteiger partial charge in [-0.2, -0.15) is 0 Å².